The minimum Gasteiger partial charge on any atom is -0.446 e. The standard InChI is InChI=1S/C9H6BrFN2O2/c10-4-1-2-6(11)5(3-4)7-8(14)13-9(12)15-7/h1-3,7H,(H2,12,13,14). The van der Waals surface area contributed by atoms with Gasteiger partial charge in [0, 0.05) is 10.0 Å². The van der Waals surface area contributed by atoms with Crippen LogP contribution in [0.15, 0.2) is 27.7 Å². The zero-order chi connectivity index (χ0) is 11.0. The number of aliphatic imine (C=N–C) groups is 1. The molecule has 1 unspecified atom stereocenters. The molecule has 6 heteroatoms. The Morgan fingerprint density at radius 3 is 2.87 bits per heavy atom. The number of hydrogen-bond acceptors (Lipinski definition) is 3. The van der Waals surface area contributed by atoms with Crippen molar-refractivity contribution in [1.29, 1.82) is 0 Å². The predicted molar refractivity (Wildman–Crippen MR) is 54.6 cm³/mol. The van der Waals surface area contributed by atoms with Crippen LogP contribution in [0.5, 0.6) is 0 Å². The highest BCUT2D eigenvalue weighted by Crippen LogP contribution is 2.27. The Balaban J connectivity index is 2.39. The van der Waals surface area contributed by atoms with Crippen molar-refractivity contribution in [2.75, 3.05) is 0 Å². The second kappa shape index (κ2) is 3.62. The van der Waals surface area contributed by atoms with Crippen LogP contribution in [0.3, 0.4) is 0 Å². The molecule has 1 aromatic carbocycles. The van der Waals surface area contributed by atoms with Gasteiger partial charge in [-0.15, -0.1) is 0 Å². The van der Waals surface area contributed by atoms with Crippen LogP contribution in [0.2, 0.25) is 0 Å². The number of carbonyl (C=O) groups excluding carboxylic acids is 1. The lowest BCUT2D eigenvalue weighted by atomic mass is 10.1. The largest absolute Gasteiger partial charge is 0.446 e. The number of amides is 1. The number of nitrogens with two attached hydrogens (primary N) is 1. The molecule has 0 aromatic heterocycles. The lowest BCUT2D eigenvalue weighted by Crippen LogP contribution is -2.15. The van der Waals surface area contributed by atoms with E-state index in [1.165, 1.54) is 18.2 Å². The summed E-state index contributed by atoms with van der Waals surface area (Å²) < 4.78 is 18.9. The fourth-order valence-electron chi connectivity index (χ4n) is 1.28. The lowest BCUT2D eigenvalue weighted by Gasteiger charge is -2.09. The van der Waals surface area contributed by atoms with Crippen molar-refractivity contribution in [3.05, 3.63) is 34.1 Å². The van der Waals surface area contributed by atoms with Gasteiger partial charge in [-0.3, -0.25) is 4.79 Å². The Hall–Kier alpha value is -1.43. The van der Waals surface area contributed by atoms with Crippen LogP contribution in [0.1, 0.15) is 11.7 Å². The van der Waals surface area contributed by atoms with Gasteiger partial charge in [0.15, 0.2) is 0 Å². The average Bonchev–Trinajstić information content (AvgIpc) is 2.50. The smallest absolute Gasteiger partial charge is 0.296 e. The molecule has 0 fully saturated rings. The topological polar surface area (TPSA) is 64.7 Å². The molecule has 0 saturated heterocycles. The van der Waals surface area contributed by atoms with Crippen molar-refractivity contribution in [2.45, 2.75) is 6.10 Å². The fraction of sp³-hybridized carbons (Fsp3) is 0.111. The summed E-state index contributed by atoms with van der Waals surface area (Å²) in [7, 11) is 0. The van der Waals surface area contributed by atoms with Crippen LogP contribution in [0.4, 0.5) is 4.39 Å². The van der Waals surface area contributed by atoms with Crippen molar-refractivity contribution in [3.63, 3.8) is 0 Å². The van der Waals surface area contributed by atoms with Gasteiger partial charge in [0.05, 0.1) is 0 Å². The third kappa shape index (κ3) is 1.85. The molecule has 0 bridgehead atoms. The molecule has 1 atom stereocenters. The first-order valence-corrected chi connectivity index (χ1v) is 4.87. The molecule has 78 valence electrons. The van der Waals surface area contributed by atoms with Crippen molar-refractivity contribution in [2.24, 2.45) is 10.7 Å². The minimum atomic E-state index is -1.07. The summed E-state index contributed by atoms with van der Waals surface area (Å²) in [5.41, 5.74) is 5.34. The number of rotatable bonds is 1. The minimum absolute atomic E-state index is 0.124. The first-order valence-electron chi connectivity index (χ1n) is 4.07. The summed E-state index contributed by atoms with van der Waals surface area (Å²) in [6.07, 6.45) is -1.07. The van der Waals surface area contributed by atoms with Crippen LogP contribution >= 0.6 is 15.9 Å². The van der Waals surface area contributed by atoms with Crippen LogP contribution < -0.4 is 5.73 Å². The zero-order valence-electron chi connectivity index (χ0n) is 7.41. The Morgan fingerprint density at radius 1 is 1.53 bits per heavy atom. The van der Waals surface area contributed by atoms with Crippen LogP contribution in [0, 0.1) is 5.82 Å². The Morgan fingerprint density at radius 2 is 2.27 bits per heavy atom. The number of carbonyl (C=O) groups is 1. The molecule has 2 rings (SSSR count). The third-order valence-corrected chi connectivity index (χ3v) is 2.42. The number of hydrogen-bond donors (Lipinski definition) is 1. The highest BCUT2D eigenvalue weighted by Gasteiger charge is 2.31. The van der Waals surface area contributed by atoms with Gasteiger partial charge in [-0.1, -0.05) is 15.9 Å². The molecule has 0 spiro atoms. The summed E-state index contributed by atoms with van der Waals surface area (Å²) in [6.45, 7) is 0. The van der Waals surface area contributed by atoms with Gasteiger partial charge in [-0.05, 0) is 18.2 Å². The number of ether oxygens (including phenoxy) is 1. The van der Waals surface area contributed by atoms with E-state index < -0.39 is 17.8 Å². The van der Waals surface area contributed by atoms with E-state index in [1.807, 2.05) is 0 Å². The molecular weight excluding hydrogens is 267 g/mol. The van der Waals surface area contributed by atoms with Gasteiger partial charge in [0.2, 0.25) is 6.10 Å². The predicted octanol–water partition coefficient (Wildman–Crippen LogP) is 1.50. The molecular formula is C9H6BrFN2O2. The van der Waals surface area contributed by atoms with Crippen LogP contribution in [-0.2, 0) is 9.53 Å². The SMILES string of the molecule is NC1=NC(=O)C(c2cc(Br)ccc2F)O1. The van der Waals surface area contributed by atoms with Gasteiger partial charge in [0.25, 0.3) is 11.9 Å². The molecule has 2 N–H and O–H groups in total. The molecule has 4 nitrogen and oxygen atoms in total. The number of halogens is 2. The average molecular weight is 273 g/mol. The van der Waals surface area contributed by atoms with E-state index in [-0.39, 0.29) is 11.6 Å². The molecule has 1 aliphatic heterocycles. The number of nitrogens with zero attached hydrogens (tertiary/aromatic N) is 1. The van der Waals surface area contributed by atoms with E-state index in [4.69, 9.17) is 10.5 Å². The van der Waals surface area contributed by atoms with Gasteiger partial charge >= 0.3 is 0 Å². The molecule has 1 aromatic rings. The van der Waals surface area contributed by atoms with E-state index in [1.54, 1.807) is 0 Å². The molecule has 0 radical (unpaired) electrons. The Kier molecular flexibility index (Phi) is 2.44. The zero-order valence-corrected chi connectivity index (χ0v) is 8.99. The van der Waals surface area contributed by atoms with Gasteiger partial charge in [-0.2, -0.15) is 4.99 Å². The Bertz CT molecular complexity index is 461. The van der Waals surface area contributed by atoms with E-state index in [2.05, 4.69) is 20.9 Å². The first kappa shape index (κ1) is 10.1. The lowest BCUT2D eigenvalue weighted by molar-refractivity contribution is -0.123. The maximum Gasteiger partial charge on any atom is 0.296 e. The highest BCUT2D eigenvalue weighted by atomic mass is 79.9. The van der Waals surface area contributed by atoms with Gasteiger partial charge < -0.3 is 10.5 Å². The summed E-state index contributed by atoms with van der Waals surface area (Å²) in [4.78, 5) is 14.6. The number of benzene rings is 1. The highest BCUT2D eigenvalue weighted by molar-refractivity contribution is 9.10. The van der Waals surface area contributed by atoms with Gasteiger partial charge in [-0.25, -0.2) is 4.39 Å². The molecule has 1 heterocycles. The Labute approximate surface area is 93.1 Å². The summed E-state index contributed by atoms with van der Waals surface area (Å²) in [5, 5.41) is 0. The number of amidine groups is 1. The second-order valence-electron chi connectivity index (χ2n) is 2.95. The fourth-order valence-corrected chi connectivity index (χ4v) is 1.66. The maximum absolute atomic E-state index is 13.4. The maximum atomic E-state index is 13.4. The molecule has 15 heavy (non-hydrogen) atoms. The van der Waals surface area contributed by atoms with Gasteiger partial charge in [0.1, 0.15) is 5.82 Å². The van der Waals surface area contributed by atoms with Crippen LogP contribution in [0.25, 0.3) is 0 Å². The summed E-state index contributed by atoms with van der Waals surface area (Å²) >= 11 is 3.18. The molecule has 1 aliphatic rings. The third-order valence-electron chi connectivity index (χ3n) is 1.92. The van der Waals surface area contributed by atoms with Crippen molar-refractivity contribution >= 4 is 27.9 Å². The summed E-state index contributed by atoms with van der Waals surface area (Å²) in [6, 6.07) is 4.00. The van der Waals surface area contributed by atoms with Crippen molar-refractivity contribution in [1.82, 2.24) is 0 Å². The quantitative estimate of drug-likeness (QED) is 0.843. The van der Waals surface area contributed by atoms with E-state index in [0.717, 1.165) is 0 Å². The van der Waals surface area contributed by atoms with E-state index >= 15 is 0 Å². The molecule has 0 saturated carbocycles. The second-order valence-corrected chi connectivity index (χ2v) is 3.87. The monoisotopic (exact) mass is 272 g/mol. The van der Waals surface area contributed by atoms with E-state index in [9.17, 15) is 9.18 Å². The van der Waals surface area contributed by atoms with Crippen LogP contribution in [-0.4, -0.2) is 11.9 Å². The van der Waals surface area contributed by atoms with Crippen molar-refractivity contribution in [3.8, 4) is 0 Å². The molecule has 0 aliphatic carbocycles. The first-order chi connectivity index (χ1) is 7.08. The summed E-state index contributed by atoms with van der Waals surface area (Å²) in [5.74, 6) is -1.12. The normalized spacial score (nSPS) is 20.0. The van der Waals surface area contributed by atoms with E-state index in [0.29, 0.717) is 4.47 Å². The molecule has 1 amide bonds. The van der Waals surface area contributed by atoms with Crippen molar-refractivity contribution < 1.29 is 13.9 Å².